The van der Waals surface area contributed by atoms with Gasteiger partial charge in [-0.3, -0.25) is 0 Å². The minimum Gasteiger partial charge on any atom is -0.336 e. The van der Waals surface area contributed by atoms with Crippen LogP contribution in [0.25, 0.3) is 0 Å². The maximum absolute atomic E-state index is 4.12. The monoisotopic (exact) mass is 277 g/mol. The maximum atomic E-state index is 4.12. The van der Waals surface area contributed by atoms with Gasteiger partial charge in [0.05, 0.1) is 6.33 Å². The molecule has 19 heavy (non-hydrogen) atoms. The summed E-state index contributed by atoms with van der Waals surface area (Å²) in [5, 5.41) is 3.69. The van der Waals surface area contributed by atoms with Crippen molar-refractivity contribution in [3.8, 4) is 0 Å². The van der Waals surface area contributed by atoms with Gasteiger partial charge >= 0.3 is 0 Å². The van der Waals surface area contributed by atoms with Gasteiger partial charge in [-0.15, -0.1) is 11.3 Å². The zero-order chi connectivity index (χ0) is 13.9. The fraction of sp³-hybridized carbons (Fsp3) is 0.533. The van der Waals surface area contributed by atoms with Gasteiger partial charge < -0.3 is 9.88 Å². The Bertz CT molecular complexity index is 494. The summed E-state index contributed by atoms with van der Waals surface area (Å²) in [5.74, 6) is 0. The molecular weight excluding hydrogens is 254 g/mol. The van der Waals surface area contributed by atoms with E-state index in [-0.39, 0.29) is 5.41 Å². The van der Waals surface area contributed by atoms with Crippen LogP contribution in [0, 0.1) is 12.3 Å². The van der Waals surface area contributed by atoms with Gasteiger partial charge in [-0.25, -0.2) is 4.98 Å². The molecule has 0 amide bonds. The second-order valence-electron chi connectivity index (χ2n) is 6.07. The third-order valence-electron chi connectivity index (χ3n) is 3.32. The molecule has 1 N–H and O–H groups in total. The Morgan fingerprint density at radius 1 is 1.37 bits per heavy atom. The maximum Gasteiger partial charge on any atom is 0.0946 e. The van der Waals surface area contributed by atoms with E-state index in [0.717, 1.165) is 13.1 Å². The molecule has 104 valence electrons. The molecule has 3 nitrogen and oxygen atoms in total. The van der Waals surface area contributed by atoms with Crippen LogP contribution in [0.15, 0.2) is 30.9 Å². The van der Waals surface area contributed by atoms with Gasteiger partial charge in [0.15, 0.2) is 0 Å². The van der Waals surface area contributed by atoms with Crippen LogP contribution in [-0.4, -0.2) is 15.6 Å². The number of nitrogens with zero attached hydrogens (tertiary/aromatic N) is 2. The minimum absolute atomic E-state index is 0.219. The highest BCUT2D eigenvalue weighted by Crippen LogP contribution is 2.22. The minimum atomic E-state index is 0.219. The van der Waals surface area contributed by atoms with E-state index in [1.807, 2.05) is 30.1 Å². The van der Waals surface area contributed by atoms with E-state index in [2.05, 4.69) is 54.7 Å². The summed E-state index contributed by atoms with van der Waals surface area (Å²) in [5.41, 5.74) is 0.219. The standard InChI is InChI=1S/C15H23N3S/c1-12-5-6-13(19-12)9-17-14(15(2,3)4)10-18-8-7-16-11-18/h5-8,11,14,17H,9-10H2,1-4H3. The number of hydrogen-bond donors (Lipinski definition) is 1. The molecule has 0 saturated carbocycles. The molecule has 0 aliphatic rings. The predicted octanol–water partition coefficient (Wildman–Crippen LogP) is 3.46. The SMILES string of the molecule is Cc1ccc(CNC(Cn2ccnc2)C(C)(C)C)s1. The van der Waals surface area contributed by atoms with Crippen LogP contribution in [0.1, 0.15) is 30.5 Å². The molecule has 2 aromatic rings. The number of rotatable bonds is 5. The van der Waals surface area contributed by atoms with E-state index in [4.69, 9.17) is 0 Å². The van der Waals surface area contributed by atoms with E-state index < -0.39 is 0 Å². The molecule has 0 radical (unpaired) electrons. The molecule has 0 spiro atoms. The number of imidazole rings is 1. The molecule has 2 rings (SSSR count). The summed E-state index contributed by atoms with van der Waals surface area (Å²) in [4.78, 5) is 6.89. The van der Waals surface area contributed by atoms with Gasteiger partial charge in [-0.05, 0) is 24.5 Å². The zero-order valence-electron chi connectivity index (χ0n) is 12.2. The predicted molar refractivity (Wildman–Crippen MR) is 81.4 cm³/mol. The molecule has 2 aromatic heterocycles. The fourth-order valence-electron chi connectivity index (χ4n) is 2.05. The lowest BCUT2D eigenvalue weighted by atomic mass is 9.86. The summed E-state index contributed by atoms with van der Waals surface area (Å²) in [6.45, 7) is 10.9. The van der Waals surface area contributed by atoms with Crippen molar-refractivity contribution in [1.29, 1.82) is 0 Å². The molecule has 0 bridgehead atoms. The van der Waals surface area contributed by atoms with E-state index in [0.29, 0.717) is 6.04 Å². The normalized spacial score (nSPS) is 13.7. The number of aryl methyl sites for hydroxylation is 1. The van der Waals surface area contributed by atoms with Crippen LogP contribution in [-0.2, 0) is 13.1 Å². The molecule has 0 aromatic carbocycles. The molecule has 1 atom stereocenters. The van der Waals surface area contributed by atoms with Crippen molar-refractivity contribution < 1.29 is 0 Å². The lowest BCUT2D eigenvalue weighted by Gasteiger charge is -2.32. The molecule has 0 aliphatic heterocycles. The molecule has 1 unspecified atom stereocenters. The Kier molecular flexibility index (Phi) is 4.42. The Hall–Kier alpha value is -1.13. The Labute approximate surface area is 119 Å². The highest BCUT2D eigenvalue weighted by molar-refractivity contribution is 7.11. The van der Waals surface area contributed by atoms with Crippen molar-refractivity contribution in [3.63, 3.8) is 0 Å². The Morgan fingerprint density at radius 3 is 2.68 bits per heavy atom. The van der Waals surface area contributed by atoms with Crippen molar-refractivity contribution in [2.24, 2.45) is 5.41 Å². The lowest BCUT2D eigenvalue weighted by molar-refractivity contribution is 0.240. The molecule has 4 heteroatoms. The van der Waals surface area contributed by atoms with E-state index in [1.54, 1.807) is 0 Å². The fourth-order valence-corrected chi connectivity index (χ4v) is 2.90. The molecule has 0 saturated heterocycles. The van der Waals surface area contributed by atoms with Gasteiger partial charge in [-0.2, -0.15) is 0 Å². The van der Waals surface area contributed by atoms with Gasteiger partial charge in [0, 0.05) is 41.3 Å². The van der Waals surface area contributed by atoms with Gasteiger partial charge in [0.2, 0.25) is 0 Å². The molecule has 2 heterocycles. The topological polar surface area (TPSA) is 29.9 Å². The number of hydrogen-bond acceptors (Lipinski definition) is 3. The van der Waals surface area contributed by atoms with Crippen molar-refractivity contribution in [2.45, 2.75) is 46.8 Å². The third-order valence-corrected chi connectivity index (χ3v) is 4.32. The number of thiophene rings is 1. The van der Waals surface area contributed by atoms with Gasteiger partial charge in [-0.1, -0.05) is 20.8 Å². The smallest absolute Gasteiger partial charge is 0.0946 e. The first kappa shape index (κ1) is 14.3. The average Bonchev–Trinajstić information content (AvgIpc) is 2.94. The largest absolute Gasteiger partial charge is 0.336 e. The summed E-state index contributed by atoms with van der Waals surface area (Å²) in [6.07, 6.45) is 5.74. The first-order valence-electron chi connectivity index (χ1n) is 6.69. The van der Waals surface area contributed by atoms with Crippen molar-refractivity contribution in [2.75, 3.05) is 0 Å². The molecular formula is C15H23N3S. The summed E-state index contributed by atoms with van der Waals surface area (Å²) in [6, 6.07) is 4.82. The van der Waals surface area contributed by atoms with E-state index in [9.17, 15) is 0 Å². The molecule has 0 fully saturated rings. The lowest BCUT2D eigenvalue weighted by Crippen LogP contribution is -2.42. The van der Waals surface area contributed by atoms with Crippen molar-refractivity contribution in [3.05, 3.63) is 40.6 Å². The van der Waals surface area contributed by atoms with Gasteiger partial charge in [0.1, 0.15) is 0 Å². The summed E-state index contributed by atoms with van der Waals surface area (Å²) >= 11 is 1.87. The second kappa shape index (κ2) is 5.88. The highest BCUT2D eigenvalue weighted by Gasteiger charge is 2.24. The number of aromatic nitrogens is 2. The van der Waals surface area contributed by atoms with E-state index in [1.165, 1.54) is 9.75 Å². The average molecular weight is 277 g/mol. The zero-order valence-corrected chi connectivity index (χ0v) is 13.0. The summed E-state index contributed by atoms with van der Waals surface area (Å²) in [7, 11) is 0. The first-order chi connectivity index (χ1) is 8.95. The number of nitrogens with one attached hydrogen (secondary N) is 1. The van der Waals surface area contributed by atoms with Crippen LogP contribution >= 0.6 is 11.3 Å². The van der Waals surface area contributed by atoms with Crippen molar-refractivity contribution >= 4 is 11.3 Å². The van der Waals surface area contributed by atoms with Crippen LogP contribution in [0.3, 0.4) is 0 Å². The Balaban J connectivity index is 1.98. The molecule has 0 aliphatic carbocycles. The van der Waals surface area contributed by atoms with Crippen LogP contribution in [0.5, 0.6) is 0 Å². The first-order valence-corrected chi connectivity index (χ1v) is 7.51. The highest BCUT2D eigenvalue weighted by atomic mass is 32.1. The second-order valence-corrected chi connectivity index (χ2v) is 7.44. The van der Waals surface area contributed by atoms with Crippen molar-refractivity contribution in [1.82, 2.24) is 14.9 Å². The van der Waals surface area contributed by atoms with Gasteiger partial charge in [0.25, 0.3) is 0 Å². The quantitative estimate of drug-likeness (QED) is 0.907. The third kappa shape index (κ3) is 4.18. The Morgan fingerprint density at radius 2 is 2.16 bits per heavy atom. The van der Waals surface area contributed by atoms with E-state index >= 15 is 0 Å². The van der Waals surface area contributed by atoms with Crippen LogP contribution < -0.4 is 5.32 Å². The van der Waals surface area contributed by atoms with Crippen LogP contribution in [0.4, 0.5) is 0 Å². The van der Waals surface area contributed by atoms with Crippen LogP contribution in [0.2, 0.25) is 0 Å². The summed E-state index contributed by atoms with van der Waals surface area (Å²) < 4.78 is 2.14.